The molecule has 0 spiro atoms. The molecule has 1 amide bonds. The SMILES string of the molecule is COC(=O)c1ccccc1Nc1ccc(C(=O)Nc2cccc(F)c2)nn1. The lowest BCUT2D eigenvalue weighted by atomic mass is 10.2. The number of ether oxygens (including phenoxy) is 1. The standard InChI is InChI=1S/C19H15FN4O3/c1-27-19(26)14-7-2-3-8-15(14)22-17-10-9-16(23-24-17)18(25)21-13-6-4-5-12(20)11-13/h2-11H,1H3,(H,21,25)(H,22,24). The van der Waals surface area contributed by atoms with Gasteiger partial charge in [0.15, 0.2) is 11.5 Å². The van der Waals surface area contributed by atoms with Gasteiger partial charge in [0.1, 0.15) is 5.82 Å². The number of nitrogens with zero attached hydrogens (tertiary/aromatic N) is 2. The minimum atomic E-state index is -0.519. The van der Waals surface area contributed by atoms with Crippen molar-refractivity contribution in [1.29, 1.82) is 0 Å². The number of hydrogen-bond donors (Lipinski definition) is 2. The highest BCUT2D eigenvalue weighted by Gasteiger charge is 2.13. The summed E-state index contributed by atoms with van der Waals surface area (Å²) in [4.78, 5) is 23.9. The maximum absolute atomic E-state index is 13.2. The Morgan fingerprint density at radius 2 is 1.81 bits per heavy atom. The van der Waals surface area contributed by atoms with Crippen LogP contribution in [0.3, 0.4) is 0 Å². The molecule has 2 N–H and O–H groups in total. The van der Waals surface area contributed by atoms with Gasteiger partial charge in [-0.05, 0) is 42.5 Å². The molecule has 8 heteroatoms. The summed E-state index contributed by atoms with van der Waals surface area (Å²) in [6, 6.07) is 15.3. The van der Waals surface area contributed by atoms with E-state index in [9.17, 15) is 14.0 Å². The number of methoxy groups -OCH3 is 1. The maximum atomic E-state index is 13.2. The number of rotatable bonds is 5. The summed E-state index contributed by atoms with van der Waals surface area (Å²) in [5.74, 6) is -1.12. The average molecular weight is 366 g/mol. The average Bonchev–Trinajstić information content (AvgIpc) is 2.68. The molecule has 0 atom stereocenters. The normalized spacial score (nSPS) is 10.1. The lowest BCUT2D eigenvalue weighted by molar-refractivity contribution is 0.0601. The van der Waals surface area contributed by atoms with Crippen LogP contribution in [0.2, 0.25) is 0 Å². The number of para-hydroxylation sites is 1. The van der Waals surface area contributed by atoms with Crippen LogP contribution in [0.5, 0.6) is 0 Å². The Kier molecular flexibility index (Phi) is 5.36. The van der Waals surface area contributed by atoms with E-state index in [1.54, 1.807) is 36.4 Å². The molecule has 27 heavy (non-hydrogen) atoms. The maximum Gasteiger partial charge on any atom is 0.339 e. The number of esters is 1. The van der Waals surface area contributed by atoms with E-state index in [2.05, 4.69) is 20.8 Å². The second-order valence-corrected chi connectivity index (χ2v) is 5.43. The van der Waals surface area contributed by atoms with Crippen molar-refractivity contribution in [3.05, 3.63) is 77.7 Å². The van der Waals surface area contributed by atoms with E-state index in [-0.39, 0.29) is 5.69 Å². The van der Waals surface area contributed by atoms with Crippen molar-refractivity contribution in [3.8, 4) is 0 Å². The van der Waals surface area contributed by atoms with E-state index >= 15 is 0 Å². The van der Waals surface area contributed by atoms with Crippen LogP contribution in [0, 0.1) is 5.82 Å². The predicted molar refractivity (Wildman–Crippen MR) is 97.4 cm³/mol. The molecule has 1 heterocycles. The molecule has 0 bridgehead atoms. The fourth-order valence-corrected chi connectivity index (χ4v) is 2.30. The molecule has 0 aliphatic carbocycles. The van der Waals surface area contributed by atoms with E-state index in [4.69, 9.17) is 4.74 Å². The van der Waals surface area contributed by atoms with E-state index in [1.165, 1.54) is 31.4 Å². The van der Waals surface area contributed by atoms with Gasteiger partial charge in [0, 0.05) is 5.69 Å². The first-order valence-corrected chi connectivity index (χ1v) is 7.92. The third-order valence-electron chi connectivity index (χ3n) is 3.57. The van der Waals surface area contributed by atoms with Gasteiger partial charge in [-0.25, -0.2) is 9.18 Å². The van der Waals surface area contributed by atoms with Crippen molar-refractivity contribution in [2.75, 3.05) is 17.7 Å². The molecule has 0 saturated carbocycles. The second-order valence-electron chi connectivity index (χ2n) is 5.43. The summed E-state index contributed by atoms with van der Waals surface area (Å²) in [6.45, 7) is 0. The molecule has 0 saturated heterocycles. The molecule has 136 valence electrons. The smallest absolute Gasteiger partial charge is 0.339 e. The van der Waals surface area contributed by atoms with Crippen molar-refractivity contribution in [3.63, 3.8) is 0 Å². The highest BCUT2D eigenvalue weighted by molar-refractivity contribution is 6.02. The van der Waals surface area contributed by atoms with Crippen LogP contribution in [0.1, 0.15) is 20.8 Å². The van der Waals surface area contributed by atoms with E-state index in [1.807, 2.05) is 0 Å². The highest BCUT2D eigenvalue weighted by Crippen LogP contribution is 2.20. The quantitative estimate of drug-likeness (QED) is 0.672. The molecule has 0 fully saturated rings. The fourth-order valence-electron chi connectivity index (χ4n) is 2.30. The zero-order chi connectivity index (χ0) is 19.2. The molecule has 0 unspecified atom stereocenters. The number of anilines is 3. The van der Waals surface area contributed by atoms with Crippen LogP contribution in [0.25, 0.3) is 0 Å². The lowest BCUT2D eigenvalue weighted by Gasteiger charge is -2.10. The Labute approximate surface area is 154 Å². The third kappa shape index (κ3) is 4.43. The minimum absolute atomic E-state index is 0.0612. The van der Waals surface area contributed by atoms with Crippen LogP contribution in [-0.2, 0) is 4.74 Å². The van der Waals surface area contributed by atoms with E-state index in [0.717, 1.165) is 0 Å². The number of nitrogens with one attached hydrogen (secondary N) is 2. The molecular formula is C19H15FN4O3. The Hall–Kier alpha value is -3.81. The first-order valence-electron chi connectivity index (χ1n) is 7.92. The molecule has 0 aliphatic heterocycles. The van der Waals surface area contributed by atoms with Crippen LogP contribution >= 0.6 is 0 Å². The summed E-state index contributed by atoms with van der Waals surface area (Å²) in [7, 11) is 1.30. The Bertz CT molecular complexity index is 977. The Morgan fingerprint density at radius 3 is 2.52 bits per heavy atom. The number of amides is 1. The molecule has 0 aliphatic rings. The van der Waals surface area contributed by atoms with Crippen molar-refractivity contribution in [1.82, 2.24) is 10.2 Å². The van der Waals surface area contributed by atoms with Gasteiger partial charge in [0.05, 0.1) is 18.4 Å². The first kappa shape index (κ1) is 18.0. The number of halogens is 1. The molecule has 3 rings (SSSR count). The van der Waals surface area contributed by atoms with Crippen LogP contribution in [0.4, 0.5) is 21.6 Å². The third-order valence-corrected chi connectivity index (χ3v) is 3.57. The van der Waals surface area contributed by atoms with Crippen LogP contribution in [-0.4, -0.2) is 29.2 Å². The van der Waals surface area contributed by atoms with Gasteiger partial charge in [-0.2, -0.15) is 0 Å². The lowest BCUT2D eigenvalue weighted by Crippen LogP contribution is -2.14. The van der Waals surface area contributed by atoms with Gasteiger partial charge in [-0.3, -0.25) is 4.79 Å². The number of carbonyl (C=O) groups is 2. The van der Waals surface area contributed by atoms with Gasteiger partial charge < -0.3 is 15.4 Å². The largest absolute Gasteiger partial charge is 0.465 e. The van der Waals surface area contributed by atoms with E-state index < -0.39 is 17.7 Å². The summed E-state index contributed by atoms with van der Waals surface area (Å²) in [5.41, 5.74) is 1.22. The Morgan fingerprint density at radius 1 is 1.00 bits per heavy atom. The zero-order valence-electron chi connectivity index (χ0n) is 14.3. The van der Waals surface area contributed by atoms with Gasteiger partial charge in [-0.15, -0.1) is 10.2 Å². The number of carbonyl (C=O) groups excluding carboxylic acids is 2. The summed E-state index contributed by atoms with van der Waals surface area (Å²) >= 11 is 0. The zero-order valence-corrected chi connectivity index (χ0v) is 14.3. The fraction of sp³-hybridized carbons (Fsp3) is 0.0526. The highest BCUT2D eigenvalue weighted by atomic mass is 19.1. The van der Waals surface area contributed by atoms with Crippen molar-refractivity contribution in [2.24, 2.45) is 0 Å². The monoisotopic (exact) mass is 366 g/mol. The van der Waals surface area contributed by atoms with Crippen LogP contribution < -0.4 is 10.6 Å². The second kappa shape index (κ2) is 8.05. The van der Waals surface area contributed by atoms with Crippen molar-refractivity contribution in [2.45, 2.75) is 0 Å². The van der Waals surface area contributed by atoms with Gasteiger partial charge in [0.25, 0.3) is 5.91 Å². The predicted octanol–water partition coefficient (Wildman–Crippen LogP) is 3.40. The molecule has 1 aromatic heterocycles. The summed E-state index contributed by atoms with van der Waals surface area (Å²) < 4.78 is 17.9. The topological polar surface area (TPSA) is 93.2 Å². The number of aromatic nitrogens is 2. The molecular weight excluding hydrogens is 351 g/mol. The van der Waals surface area contributed by atoms with Gasteiger partial charge >= 0.3 is 5.97 Å². The number of hydrogen-bond acceptors (Lipinski definition) is 6. The van der Waals surface area contributed by atoms with Crippen molar-refractivity contribution >= 4 is 29.1 Å². The van der Waals surface area contributed by atoms with Gasteiger partial charge in [-0.1, -0.05) is 18.2 Å². The van der Waals surface area contributed by atoms with E-state index in [0.29, 0.717) is 22.8 Å². The molecule has 7 nitrogen and oxygen atoms in total. The summed E-state index contributed by atoms with van der Waals surface area (Å²) in [5, 5.41) is 13.3. The molecule has 2 aromatic carbocycles. The number of benzene rings is 2. The molecule has 3 aromatic rings. The first-order chi connectivity index (χ1) is 13.1. The van der Waals surface area contributed by atoms with Crippen molar-refractivity contribution < 1.29 is 18.7 Å². The summed E-state index contributed by atoms with van der Waals surface area (Å²) in [6.07, 6.45) is 0. The Balaban J connectivity index is 1.72. The van der Waals surface area contributed by atoms with Gasteiger partial charge in [0.2, 0.25) is 0 Å². The molecule has 0 radical (unpaired) electrons. The van der Waals surface area contributed by atoms with Crippen LogP contribution in [0.15, 0.2) is 60.7 Å². The minimum Gasteiger partial charge on any atom is -0.465 e.